The maximum absolute atomic E-state index is 13.8. The lowest BCUT2D eigenvalue weighted by molar-refractivity contribution is -0.149. The highest BCUT2D eigenvalue weighted by atomic mass is 19.4. The van der Waals surface area contributed by atoms with Crippen LogP contribution in [0.1, 0.15) is 53.6 Å². The second-order valence-corrected chi connectivity index (χ2v) is 12.0. The molecular formula is C31H40F3N7O3. The molecule has 2 aliphatic heterocycles. The standard InChI is InChI=1S/C31H40F3N7O3/c1-18-6-7-25(38-37-18)22-8-9-41-26(22)15-23(29(42)35-16-24-27(44-5)14-19(2)36-30(24)43)20(3)28(41)21(4)40-12-10-39(11-13-40)17-31(32,33)34/h6-9,15,19,21,24,27H,10-14,16-17H2,1-5H3,(H,35,42)(H,36,43)/t19?,21-,24?,27?/m0/s1. The number of rotatable bonds is 8. The van der Waals surface area contributed by atoms with E-state index in [0.29, 0.717) is 43.9 Å². The molecule has 2 fully saturated rings. The summed E-state index contributed by atoms with van der Waals surface area (Å²) in [4.78, 5) is 30.1. The van der Waals surface area contributed by atoms with E-state index >= 15 is 0 Å². The average molecular weight is 616 g/mol. The van der Waals surface area contributed by atoms with Gasteiger partial charge >= 0.3 is 6.18 Å². The van der Waals surface area contributed by atoms with Crippen molar-refractivity contribution in [2.24, 2.45) is 5.92 Å². The molecule has 0 aliphatic carbocycles. The van der Waals surface area contributed by atoms with Gasteiger partial charge in [0.1, 0.15) is 0 Å². The van der Waals surface area contributed by atoms with Crippen LogP contribution in [0, 0.1) is 19.8 Å². The first-order valence-corrected chi connectivity index (χ1v) is 15.0. The highest BCUT2D eigenvalue weighted by molar-refractivity contribution is 5.98. The van der Waals surface area contributed by atoms with E-state index in [-0.39, 0.29) is 36.5 Å². The third-order valence-corrected chi connectivity index (χ3v) is 8.87. The second-order valence-electron chi connectivity index (χ2n) is 12.0. The Morgan fingerprint density at radius 1 is 1.16 bits per heavy atom. The van der Waals surface area contributed by atoms with Crippen molar-refractivity contribution in [3.63, 3.8) is 0 Å². The summed E-state index contributed by atoms with van der Waals surface area (Å²) in [6.45, 7) is 8.39. The van der Waals surface area contributed by atoms with Crippen LogP contribution < -0.4 is 10.6 Å². The molecule has 0 saturated carbocycles. The number of fused-ring (bicyclic) bond motifs is 1. The van der Waals surface area contributed by atoms with E-state index in [2.05, 4.69) is 25.7 Å². The zero-order valence-electron chi connectivity index (χ0n) is 25.7. The fourth-order valence-electron chi connectivity index (χ4n) is 6.48. The molecule has 44 heavy (non-hydrogen) atoms. The monoisotopic (exact) mass is 615 g/mol. The van der Waals surface area contributed by atoms with Crippen LogP contribution in [0.5, 0.6) is 0 Å². The topological polar surface area (TPSA) is 104 Å². The Kier molecular flexibility index (Phi) is 9.28. The minimum Gasteiger partial charge on any atom is -0.380 e. The largest absolute Gasteiger partial charge is 0.401 e. The second kappa shape index (κ2) is 12.8. The van der Waals surface area contributed by atoms with Crippen molar-refractivity contribution in [3.8, 4) is 11.3 Å². The maximum atomic E-state index is 13.8. The minimum atomic E-state index is -4.24. The summed E-state index contributed by atoms with van der Waals surface area (Å²) in [6, 6.07) is 7.31. The lowest BCUT2D eigenvalue weighted by atomic mass is 9.91. The fraction of sp³-hybridized carbons (Fsp3) is 0.548. The van der Waals surface area contributed by atoms with Gasteiger partial charge in [0.05, 0.1) is 35.5 Å². The molecule has 2 aliphatic rings. The number of nitrogens with zero attached hydrogens (tertiary/aromatic N) is 5. The number of hydrogen-bond acceptors (Lipinski definition) is 7. The first-order chi connectivity index (χ1) is 20.9. The Labute approximate surface area is 254 Å². The van der Waals surface area contributed by atoms with Crippen LogP contribution in [0.25, 0.3) is 16.8 Å². The molecule has 238 valence electrons. The van der Waals surface area contributed by atoms with E-state index in [1.54, 1.807) is 7.11 Å². The van der Waals surface area contributed by atoms with Crippen molar-refractivity contribution >= 4 is 17.3 Å². The van der Waals surface area contributed by atoms with Gasteiger partial charge < -0.3 is 19.8 Å². The SMILES string of the molecule is COC1CC(C)NC(=O)C1CNC(=O)c1cc2c(-c3ccc(C)nn3)ccn2c([C@H](C)N2CCN(CC(F)(F)F)CC2)c1C. The van der Waals surface area contributed by atoms with Gasteiger partial charge in [0.2, 0.25) is 5.91 Å². The Hall–Kier alpha value is -3.55. The normalized spacial score (nSPS) is 22.6. The molecule has 2 amide bonds. The highest BCUT2D eigenvalue weighted by Gasteiger charge is 2.36. The number of carbonyl (C=O) groups excluding carboxylic acids is 2. The number of nitrogens with one attached hydrogen (secondary N) is 2. The Morgan fingerprint density at radius 2 is 1.89 bits per heavy atom. The summed E-state index contributed by atoms with van der Waals surface area (Å²) < 4.78 is 46.6. The zero-order valence-corrected chi connectivity index (χ0v) is 25.7. The molecule has 0 spiro atoms. The molecule has 2 N–H and O–H groups in total. The quantitative estimate of drug-likeness (QED) is 0.400. The summed E-state index contributed by atoms with van der Waals surface area (Å²) in [5.74, 6) is -1.01. The number of alkyl halides is 3. The van der Waals surface area contributed by atoms with Crippen LogP contribution in [0.3, 0.4) is 0 Å². The van der Waals surface area contributed by atoms with Gasteiger partial charge in [0.15, 0.2) is 0 Å². The molecule has 2 saturated heterocycles. The number of aryl methyl sites for hydroxylation is 1. The lowest BCUT2D eigenvalue weighted by Gasteiger charge is -2.39. The third kappa shape index (κ3) is 6.74. The van der Waals surface area contributed by atoms with Crippen molar-refractivity contribution < 1.29 is 27.5 Å². The molecule has 3 aromatic rings. The molecule has 5 heterocycles. The zero-order chi connectivity index (χ0) is 31.8. The van der Waals surface area contributed by atoms with Gasteiger partial charge in [0, 0.05) is 74.9 Å². The van der Waals surface area contributed by atoms with E-state index in [0.717, 1.165) is 28.0 Å². The van der Waals surface area contributed by atoms with Crippen molar-refractivity contribution in [2.45, 2.75) is 58.5 Å². The van der Waals surface area contributed by atoms with Crippen LogP contribution in [0.2, 0.25) is 0 Å². The number of pyridine rings is 1. The van der Waals surface area contributed by atoms with E-state index in [1.165, 1.54) is 4.90 Å². The first-order valence-electron chi connectivity index (χ1n) is 15.0. The summed E-state index contributed by atoms with van der Waals surface area (Å²) >= 11 is 0. The van der Waals surface area contributed by atoms with Gasteiger partial charge in [-0.3, -0.25) is 19.4 Å². The summed E-state index contributed by atoms with van der Waals surface area (Å²) in [5, 5.41) is 14.5. The molecule has 0 radical (unpaired) electrons. The van der Waals surface area contributed by atoms with Gasteiger partial charge in [-0.2, -0.15) is 23.4 Å². The number of piperidine rings is 1. The molecule has 10 nitrogen and oxygen atoms in total. The van der Waals surface area contributed by atoms with Crippen LogP contribution in [0.15, 0.2) is 30.5 Å². The number of ether oxygens (including phenoxy) is 1. The number of aromatic nitrogens is 3. The van der Waals surface area contributed by atoms with Crippen molar-refractivity contribution in [2.75, 3.05) is 46.4 Å². The summed E-state index contributed by atoms with van der Waals surface area (Å²) in [6.07, 6.45) is -1.97. The Bertz CT molecular complexity index is 1500. The van der Waals surface area contributed by atoms with Gasteiger partial charge in [-0.25, -0.2) is 0 Å². The summed E-state index contributed by atoms with van der Waals surface area (Å²) in [7, 11) is 1.57. The molecule has 3 unspecified atom stereocenters. The number of methoxy groups -OCH3 is 1. The van der Waals surface area contributed by atoms with Gasteiger partial charge in [0.25, 0.3) is 5.91 Å². The van der Waals surface area contributed by atoms with E-state index < -0.39 is 18.6 Å². The van der Waals surface area contributed by atoms with Gasteiger partial charge in [-0.1, -0.05) is 0 Å². The average Bonchev–Trinajstić information content (AvgIpc) is 3.39. The molecule has 5 rings (SSSR count). The van der Waals surface area contributed by atoms with E-state index in [4.69, 9.17) is 4.74 Å². The third-order valence-electron chi connectivity index (χ3n) is 8.87. The Morgan fingerprint density at radius 3 is 2.52 bits per heavy atom. The molecule has 0 aromatic carbocycles. The number of halogens is 3. The highest BCUT2D eigenvalue weighted by Crippen LogP contribution is 2.33. The predicted molar refractivity (Wildman–Crippen MR) is 159 cm³/mol. The van der Waals surface area contributed by atoms with E-state index in [9.17, 15) is 22.8 Å². The van der Waals surface area contributed by atoms with Crippen LogP contribution in [-0.4, -0.2) is 101 Å². The van der Waals surface area contributed by atoms with Crippen molar-refractivity contribution in [1.82, 2.24) is 35.0 Å². The predicted octanol–water partition coefficient (Wildman–Crippen LogP) is 3.52. The maximum Gasteiger partial charge on any atom is 0.401 e. The first kappa shape index (κ1) is 31.9. The number of hydrogen-bond donors (Lipinski definition) is 2. The summed E-state index contributed by atoms with van der Waals surface area (Å²) in [5.41, 5.74) is 5.06. The minimum absolute atomic E-state index is 0.0129. The van der Waals surface area contributed by atoms with Gasteiger partial charge in [-0.05, 0) is 63.9 Å². The molecule has 4 atom stereocenters. The fourth-order valence-corrected chi connectivity index (χ4v) is 6.48. The van der Waals surface area contributed by atoms with Crippen LogP contribution in [-0.2, 0) is 9.53 Å². The van der Waals surface area contributed by atoms with Crippen LogP contribution in [0.4, 0.5) is 13.2 Å². The van der Waals surface area contributed by atoms with Crippen molar-refractivity contribution in [3.05, 3.63) is 53.0 Å². The molecule has 13 heteroatoms. The van der Waals surface area contributed by atoms with Crippen LogP contribution >= 0.6 is 0 Å². The van der Waals surface area contributed by atoms with E-state index in [1.807, 2.05) is 62.6 Å². The number of carbonyl (C=O) groups is 2. The Balaban J connectivity index is 1.48. The number of piperazine rings is 1. The number of amides is 2. The molecule has 0 bridgehead atoms. The molecular weight excluding hydrogens is 575 g/mol. The van der Waals surface area contributed by atoms with Crippen molar-refractivity contribution in [1.29, 1.82) is 0 Å². The van der Waals surface area contributed by atoms with Gasteiger partial charge in [-0.15, -0.1) is 0 Å². The lowest BCUT2D eigenvalue weighted by Crippen LogP contribution is -2.53. The smallest absolute Gasteiger partial charge is 0.380 e. The molecule has 3 aromatic heterocycles.